The molecule has 3 atom stereocenters. The second kappa shape index (κ2) is 8.18. The molecule has 0 unspecified atom stereocenters. The number of aromatic nitrogens is 1. The monoisotopic (exact) mass is 420 g/mol. The van der Waals surface area contributed by atoms with Gasteiger partial charge >= 0.3 is 5.97 Å². The zero-order valence-electron chi connectivity index (χ0n) is 16.1. The number of amides is 1. The number of hydrogen-bond acceptors (Lipinski definition) is 5. The van der Waals surface area contributed by atoms with E-state index in [2.05, 4.69) is 4.98 Å². The first kappa shape index (κ1) is 19.9. The van der Waals surface area contributed by atoms with Crippen molar-refractivity contribution in [3.63, 3.8) is 0 Å². The summed E-state index contributed by atoms with van der Waals surface area (Å²) in [6, 6.07) is 3.00. The summed E-state index contributed by atoms with van der Waals surface area (Å²) >= 11 is 1.13. The highest BCUT2D eigenvalue weighted by Gasteiger charge is 2.40. The summed E-state index contributed by atoms with van der Waals surface area (Å²) in [5, 5.41) is 1.90. The van der Waals surface area contributed by atoms with Crippen LogP contribution in [0.1, 0.15) is 44.7 Å². The van der Waals surface area contributed by atoms with E-state index in [0.29, 0.717) is 24.0 Å². The Morgan fingerprint density at radius 3 is 2.76 bits per heavy atom. The maximum Gasteiger partial charge on any atom is 0.306 e. The van der Waals surface area contributed by atoms with Gasteiger partial charge in [-0.25, -0.2) is 13.8 Å². The molecule has 0 spiro atoms. The van der Waals surface area contributed by atoms with Crippen molar-refractivity contribution in [2.45, 2.75) is 45.6 Å². The number of benzene rings is 1. The van der Waals surface area contributed by atoms with Crippen LogP contribution in [-0.2, 0) is 20.9 Å². The lowest BCUT2D eigenvalue weighted by Crippen LogP contribution is -2.23. The van der Waals surface area contributed by atoms with E-state index in [9.17, 15) is 18.4 Å². The Morgan fingerprint density at radius 2 is 2.10 bits per heavy atom. The highest BCUT2D eigenvalue weighted by Crippen LogP contribution is 2.49. The molecule has 1 aromatic heterocycles. The molecule has 2 fully saturated rings. The number of nitrogens with zero attached hydrogens (tertiary/aromatic N) is 2. The number of esters is 1. The van der Waals surface area contributed by atoms with Crippen molar-refractivity contribution in [1.29, 1.82) is 0 Å². The first-order chi connectivity index (χ1) is 13.9. The molecule has 2 aliphatic carbocycles. The van der Waals surface area contributed by atoms with Crippen LogP contribution in [0.15, 0.2) is 23.6 Å². The molecule has 4 rings (SSSR count). The Labute approximate surface area is 171 Å². The van der Waals surface area contributed by atoms with Gasteiger partial charge in [0.25, 0.3) is 0 Å². The number of fused-ring (bicyclic) bond motifs is 2. The van der Waals surface area contributed by atoms with Gasteiger partial charge < -0.3 is 4.74 Å². The fourth-order valence-corrected chi connectivity index (χ4v) is 5.45. The minimum absolute atomic E-state index is 0.00773. The molecule has 5 nitrogen and oxygen atoms in total. The van der Waals surface area contributed by atoms with Crippen LogP contribution in [0, 0.1) is 29.4 Å². The molecule has 2 aliphatic rings. The number of halogens is 2. The van der Waals surface area contributed by atoms with Crippen LogP contribution in [0.25, 0.3) is 0 Å². The average Bonchev–Trinajstić information content (AvgIpc) is 3.39. The highest BCUT2D eigenvalue weighted by atomic mass is 32.1. The largest absolute Gasteiger partial charge is 0.459 e. The molecule has 0 saturated heterocycles. The van der Waals surface area contributed by atoms with Crippen molar-refractivity contribution in [3.8, 4) is 0 Å². The minimum Gasteiger partial charge on any atom is -0.459 e. The fourth-order valence-electron chi connectivity index (χ4n) is 4.59. The molecule has 2 saturated carbocycles. The van der Waals surface area contributed by atoms with Crippen LogP contribution in [0.2, 0.25) is 0 Å². The topological polar surface area (TPSA) is 59.5 Å². The molecular formula is C21H22F2N2O3S. The van der Waals surface area contributed by atoms with Gasteiger partial charge in [-0.1, -0.05) is 6.42 Å². The number of anilines is 2. The van der Waals surface area contributed by atoms with Gasteiger partial charge in [0.1, 0.15) is 18.2 Å². The standard InChI is InChI=1S/C21H22F2N2O3S/c1-12(26)25(19-5-4-16(22)9-18(19)23)21-24-17(11-29-21)10-28-20(27)8-15-7-13-2-3-14(15)6-13/h4-5,9,11,13-15H,2-3,6-8,10H2,1H3/t13-,14+,15-/m0/s1. The lowest BCUT2D eigenvalue weighted by atomic mass is 9.86. The van der Waals surface area contributed by atoms with Crippen LogP contribution in [0.4, 0.5) is 19.6 Å². The number of carbonyl (C=O) groups is 2. The van der Waals surface area contributed by atoms with Gasteiger partial charge in [0, 0.05) is 24.8 Å². The van der Waals surface area contributed by atoms with Crippen molar-refractivity contribution in [3.05, 3.63) is 40.9 Å². The Hall–Kier alpha value is -2.35. The number of carbonyl (C=O) groups excluding carboxylic acids is 2. The number of ether oxygens (including phenoxy) is 1. The molecule has 0 radical (unpaired) electrons. The Morgan fingerprint density at radius 1 is 1.28 bits per heavy atom. The minimum atomic E-state index is -0.853. The predicted molar refractivity (Wildman–Crippen MR) is 105 cm³/mol. The van der Waals surface area contributed by atoms with Crippen molar-refractivity contribution in [2.75, 3.05) is 4.90 Å². The van der Waals surface area contributed by atoms with Gasteiger partial charge in [-0.3, -0.25) is 14.5 Å². The summed E-state index contributed by atoms with van der Waals surface area (Å²) < 4.78 is 32.7. The van der Waals surface area contributed by atoms with E-state index < -0.39 is 17.5 Å². The number of thiazole rings is 1. The molecule has 2 bridgehead atoms. The summed E-state index contributed by atoms with van der Waals surface area (Å²) in [6.07, 6.45) is 5.32. The molecule has 0 N–H and O–H groups in total. The average molecular weight is 420 g/mol. The first-order valence-corrected chi connectivity index (χ1v) is 10.6. The molecule has 2 aromatic rings. The molecule has 1 heterocycles. The van der Waals surface area contributed by atoms with Crippen LogP contribution >= 0.6 is 11.3 Å². The summed E-state index contributed by atoms with van der Waals surface area (Å²) in [5.74, 6) is -0.389. The molecule has 8 heteroatoms. The van der Waals surface area contributed by atoms with E-state index in [0.717, 1.165) is 40.7 Å². The third-order valence-corrected chi connectivity index (χ3v) is 6.77. The van der Waals surface area contributed by atoms with Crippen LogP contribution in [-0.4, -0.2) is 16.9 Å². The van der Waals surface area contributed by atoms with Crippen LogP contribution < -0.4 is 4.90 Å². The second-order valence-corrected chi connectivity index (χ2v) is 8.71. The second-order valence-electron chi connectivity index (χ2n) is 7.87. The van der Waals surface area contributed by atoms with Crippen molar-refractivity contribution in [1.82, 2.24) is 4.98 Å². The third-order valence-electron chi connectivity index (χ3n) is 5.89. The summed E-state index contributed by atoms with van der Waals surface area (Å²) in [6.45, 7) is 1.28. The molecule has 29 heavy (non-hydrogen) atoms. The van der Waals surface area contributed by atoms with Crippen LogP contribution in [0.5, 0.6) is 0 Å². The lowest BCUT2D eigenvalue weighted by Gasteiger charge is -2.20. The van der Waals surface area contributed by atoms with E-state index >= 15 is 0 Å². The molecule has 1 aromatic carbocycles. The maximum absolute atomic E-state index is 14.1. The van der Waals surface area contributed by atoms with Gasteiger partial charge in [-0.2, -0.15) is 0 Å². The maximum atomic E-state index is 14.1. The first-order valence-electron chi connectivity index (χ1n) is 9.76. The fraction of sp³-hybridized carbons (Fsp3) is 0.476. The zero-order chi connectivity index (χ0) is 20.5. The number of hydrogen-bond donors (Lipinski definition) is 0. The zero-order valence-corrected chi connectivity index (χ0v) is 16.9. The van der Waals surface area contributed by atoms with Gasteiger partial charge in [-0.05, 0) is 49.1 Å². The van der Waals surface area contributed by atoms with Crippen LogP contribution in [0.3, 0.4) is 0 Å². The van der Waals surface area contributed by atoms with Gasteiger partial charge in [-0.15, -0.1) is 11.3 Å². The quantitative estimate of drug-likeness (QED) is 0.619. The van der Waals surface area contributed by atoms with E-state index in [1.54, 1.807) is 5.38 Å². The van der Waals surface area contributed by atoms with E-state index in [-0.39, 0.29) is 23.4 Å². The van der Waals surface area contributed by atoms with E-state index in [1.807, 2.05) is 0 Å². The smallest absolute Gasteiger partial charge is 0.306 e. The van der Waals surface area contributed by atoms with Gasteiger partial charge in [0.05, 0.1) is 11.4 Å². The summed E-state index contributed by atoms with van der Waals surface area (Å²) in [5.41, 5.74) is 0.410. The normalized spacial score (nSPS) is 22.7. The van der Waals surface area contributed by atoms with E-state index in [4.69, 9.17) is 4.74 Å². The molecule has 0 aliphatic heterocycles. The summed E-state index contributed by atoms with van der Waals surface area (Å²) in [4.78, 5) is 29.6. The predicted octanol–water partition coefficient (Wildman–Crippen LogP) is 4.98. The molecule has 1 amide bonds. The highest BCUT2D eigenvalue weighted by molar-refractivity contribution is 7.14. The summed E-state index contributed by atoms with van der Waals surface area (Å²) in [7, 11) is 0. The third kappa shape index (κ3) is 4.32. The van der Waals surface area contributed by atoms with Gasteiger partial charge in [0.2, 0.25) is 5.91 Å². The van der Waals surface area contributed by atoms with Crippen molar-refractivity contribution in [2.24, 2.45) is 17.8 Å². The molecule has 154 valence electrons. The van der Waals surface area contributed by atoms with Gasteiger partial charge in [0.15, 0.2) is 5.13 Å². The number of rotatable bonds is 6. The molecular weight excluding hydrogens is 398 g/mol. The Bertz CT molecular complexity index is 932. The van der Waals surface area contributed by atoms with Crippen molar-refractivity contribution >= 4 is 34.0 Å². The van der Waals surface area contributed by atoms with Crippen molar-refractivity contribution < 1.29 is 23.1 Å². The van der Waals surface area contributed by atoms with E-state index in [1.165, 1.54) is 32.3 Å². The Balaban J connectivity index is 1.39. The lowest BCUT2D eigenvalue weighted by molar-refractivity contribution is -0.146. The Kier molecular flexibility index (Phi) is 5.63. The SMILES string of the molecule is CC(=O)N(c1nc(COC(=O)C[C@@H]2C[C@H]3CC[C@@H]2C3)cs1)c1ccc(F)cc1F.